The quantitative estimate of drug-likeness (QED) is 0.777. The van der Waals surface area contributed by atoms with Gasteiger partial charge in [0, 0.05) is 37.3 Å². The lowest BCUT2D eigenvalue weighted by atomic mass is 10.1. The Bertz CT molecular complexity index is 905. The van der Waals surface area contributed by atoms with Crippen molar-refractivity contribution in [2.45, 2.75) is 38.8 Å². The summed E-state index contributed by atoms with van der Waals surface area (Å²) in [4.78, 5) is 23.8. The molecule has 2 aliphatic rings. The van der Waals surface area contributed by atoms with E-state index in [1.165, 1.54) is 0 Å². The van der Waals surface area contributed by atoms with Crippen molar-refractivity contribution in [1.82, 2.24) is 15.3 Å². The zero-order valence-corrected chi connectivity index (χ0v) is 17.5. The zero-order valence-electron chi connectivity index (χ0n) is 17.5. The molecule has 1 atom stereocenters. The summed E-state index contributed by atoms with van der Waals surface area (Å²) >= 11 is 0. The van der Waals surface area contributed by atoms with E-state index in [4.69, 9.17) is 19.2 Å². The van der Waals surface area contributed by atoms with E-state index in [1.54, 1.807) is 7.11 Å². The minimum atomic E-state index is -0.145. The van der Waals surface area contributed by atoms with Gasteiger partial charge in [0.1, 0.15) is 0 Å². The van der Waals surface area contributed by atoms with Gasteiger partial charge in [0.25, 0.3) is 5.91 Å². The number of ether oxygens (including phenoxy) is 3. The molecule has 8 heteroatoms. The molecule has 30 heavy (non-hydrogen) atoms. The highest BCUT2D eigenvalue weighted by atomic mass is 16.5. The average molecular weight is 412 g/mol. The molecule has 3 heterocycles. The van der Waals surface area contributed by atoms with Crippen LogP contribution in [0.2, 0.25) is 0 Å². The smallest absolute Gasteiger partial charge is 0.258 e. The topological polar surface area (TPSA) is 85.8 Å². The SMILES string of the molecule is COc1cc(C)ccc1OCC(=O)N[C@@H]1CCCN(c2ncc3c(n2)CCOC3)C1. The Morgan fingerprint density at radius 2 is 2.27 bits per heavy atom. The van der Waals surface area contributed by atoms with E-state index in [-0.39, 0.29) is 18.6 Å². The van der Waals surface area contributed by atoms with Gasteiger partial charge in [-0.15, -0.1) is 0 Å². The van der Waals surface area contributed by atoms with Crippen LogP contribution in [0, 0.1) is 6.92 Å². The molecule has 2 aliphatic heterocycles. The Kier molecular flexibility index (Phi) is 6.32. The molecular weight excluding hydrogens is 384 g/mol. The number of amides is 1. The summed E-state index contributed by atoms with van der Waals surface area (Å²) in [6.45, 7) is 4.79. The second kappa shape index (κ2) is 9.30. The Balaban J connectivity index is 1.32. The van der Waals surface area contributed by atoms with Crippen molar-refractivity contribution in [1.29, 1.82) is 0 Å². The van der Waals surface area contributed by atoms with Gasteiger partial charge < -0.3 is 24.4 Å². The number of aromatic nitrogens is 2. The number of carbonyl (C=O) groups is 1. The van der Waals surface area contributed by atoms with Crippen molar-refractivity contribution in [3.63, 3.8) is 0 Å². The van der Waals surface area contributed by atoms with Crippen LogP contribution in [0.3, 0.4) is 0 Å². The van der Waals surface area contributed by atoms with E-state index >= 15 is 0 Å². The molecule has 0 bridgehead atoms. The molecule has 1 N–H and O–H groups in total. The normalized spacial score (nSPS) is 18.5. The zero-order chi connectivity index (χ0) is 20.9. The van der Waals surface area contributed by atoms with E-state index in [9.17, 15) is 4.79 Å². The first-order chi connectivity index (χ1) is 14.6. The lowest BCUT2D eigenvalue weighted by Gasteiger charge is -2.33. The van der Waals surface area contributed by atoms with Crippen LogP contribution >= 0.6 is 0 Å². The predicted molar refractivity (Wildman–Crippen MR) is 112 cm³/mol. The van der Waals surface area contributed by atoms with Crippen molar-refractivity contribution in [2.75, 3.05) is 38.3 Å². The van der Waals surface area contributed by atoms with Crippen LogP contribution in [-0.2, 0) is 22.6 Å². The number of hydrogen-bond acceptors (Lipinski definition) is 7. The number of nitrogens with one attached hydrogen (secondary N) is 1. The summed E-state index contributed by atoms with van der Waals surface area (Å²) in [6, 6.07) is 5.68. The van der Waals surface area contributed by atoms with E-state index < -0.39 is 0 Å². The van der Waals surface area contributed by atoms with Gasteiger partial charge in [-0.3, -0.25) is 4.79 Å². The molecule has 1 aromatic heterocycles. The first-order valence-electron chi connectivity index (χ1n) is 10.4. The van der Waals surface area contributed by atoms with Crippen LogP contribution < -0.4 is 19.7 Å². The number of nitrogens with zero attached hydrogens (tertiary/aromatic N) is 3. The van der Waals surface area contributed by atoms with Crippen molar-refractivity contribution in [3.05, 3.63) is 41.2 Å². The minimum Gasteiger partial charge on any atom is -0.493 e. The van der Waals surface area contributed by atoms with Crippen LogP contribution in [-0.4, -0.2) is 55.3 Å². The number of fused-ring (bicyclic) bond motifs is 1. The third-order valence-electron chi connectivity index (χ3n) is 5.43. The number of benzene rings is 1. The molecule has 0 aliphatic carbocycles. The maximum atomic E-state index is 12.4. The average Bonchev–Trinajstić information content (AvgIpc) is 2.78. The van der Waals surface area contributed by atoms with E-state index in [2.05, 4.69) is 15.2 Å². The van der Waals surface area contributed by atoms with Crippen molar-refractivity contribution in [2.24, 2.45) is 0 Å². The van der Waals surface area contributed by atoms with Gasteiger partial charge in [-0.2, -0.15) is 0 Å². The number of piperidine rings is 1. The molecule has 1 amide bonds. The van der Waals surface area contributed by atoms with Crippen LogP contribution in [0.15, 0.2) is 24.4 Å². The Labute approximate surface area is 176 Å². The number of aryl methyl sites for hydroxylation is 1. The van der Waals surface area contributed by atoms with Crippen molar-refractivity contribution < 1.29 is 19.0 Å². The summed E-state index contributed by atoms with van der Waals surface area (Å²) in [5.41, 5.74) is 3.20. The third kappa shape index (κ3) is 4.81. The molecular formula is C22H28N4O4. The first-order valence-corrected chi connectivity index (χ1v) is 10.4. The van der Waals surface area contributed by atoms with E-state index in [0.29, 0.717) is 31.3 Å². The number of hydrogen-bond donors (Lipinski definition) is 1. The lowest BCUT2D eigenvalue weighted by Crippen LogP contribution is -2.49. The van der Waals surface area contributed by atoms with Crippen LogP contribution in [0.1, 0.15) is 29.7 Å². The number of rotatable bonds is 6. The number of carbonyl (C=O) groups excluding carboxylic acids is 1. The maximum Gasteiger partial charge on any atom is 0.258 e. The summed E-state index contributed by atoms with van der Waals surface area (Å²) in [5, 5.41) is 3.08. The van der Waals surface area contributed by atoms with Gasteiger partial charge in [0.05, 0.1) is 26.0 Å². The molecule has 0 saturated carbocycles. The predicted octanol–water partition coefficient (Wildman–Crippen LogP) is 2.03. The Hall–Kier alpha value is -2.87. The highest BCUT2D eigenvalue weighted by Crippen LogP contribution is 2.27. The van der Waals surface area contributed by atoms with Gasteiger partial charge in [-0.05, 0) is 37.5 Å². The summed E-state index contributed by atoms with van der Waals surface area (Å²) in [7, 11) is 1.59. The summed E-state index contributed by atoms with van der Waals surface area (Å²) in [5.74, 6) is 1.78. The van der Waals surface area contributed by atoms with Gasteiger partial charge in [0.15, 0.2) is 18.1 Å². The molecule has 160 valence electrons. The number of anilines is 1. The Morgan fingerprint density at radius 3 is 3.13 bits per heavy atom. The molecule has 0 radical (unpaired) electrons. The fraction of sp³-hybridized carbons (Fsp3) is 0.500. The molecule has 8 nitrogen and oxygen atoms in total. The molecule has 0 unspecified atom stereocenters. The largest absolute Gasteiger partial charge is 0.493 e. The third-order valence-corrected chi connectivity index (χ3v) is 5.43. The minimum absolute atomic E-state index is 0.0396. The molecule has 0 spiro atoms. The maximum absolute atomic E-state index is 12.4. The second-order valence-electron chi connectivity index (χ2n) is 7.74. The monoisotopic (exact) mass is 412 g/mol. The summed E-state index contributed by atoms with van der Waals surface area (Å²) in [6.07, 6.45) is 4.58. The Morgan fingerprint density at radius 1 is 1.37 bits per heavy atom. The van der Waals surface area contributed by atoms with Gasteiger partial charge in [-0.25, -0.2) is 9.97 Å². The highest BCUT2D eigenvalue weighted by Gasteiger charge is 2.24. The molecule has 1 saturated heterocycles. The van der Waals surface area contributed by atoms with Crippen LogP contribution in [0.25, 0.3) is 0 Å². The molecule has 1 fully saturated rings. The van der Waals surface area contributed by atoms with Gasteiger partial charge >= 0.3 is 0 Å². The molecule has 1 aromatic carbocycles. The van der Waals surface area contributed by atoms with E-state index in [1.807, 2.05) is 31.3 Å². The van der Waals surface area contributed by atoms with Crippen molar-refractivity contribution in [3.8, 4) is 11.5 Å². The summed E-state index contributed by atoms with van der Waals surface area (Å²) < 4.78 is 16.5. The van der Waals surface area contributed by atoms with Crippen molar-refractivity contribution >= 4 is 11.9 Å². The standard InChI is InChI=1S/C22H28N4O4/c1-15-5-6-19(20(10-15)28-2)30-14-21(27)24-17-4-3-8-26(12-17)22-23-11-16-13-29-9-7-18(16)25-22/h5-6,10-11,17H,3-4,7-9,12-14H2,1-2H3,(H,24,27)/t17-/m1/s1. The van der Waals surface area contributed by atoms with Crippen LogP contribution in [0.5, 0.6) is 11.5 Å². The number of methoxy groups -OCH3 is 1. The van der Waals surface area contributed by atoms with Gasteiger partial charge in [0.2, 0.25) is 5.95 Å². The van der Waals surface area contributed by atoms with Gasteiger partial charge in [-0.1, -0.05) is 6.07 Å². The fourth-order valence-electron chi connectivity index (χ4n) is 3.86. The first kappa shape index (κ1) is 20.4. The molecule has 4 rings (SSSR count). The second-order valence-corrected chi connectivity index (χ2v) is 7.74. The van der Waals surface area contributed by atoms with E-state index in [0.717, 1.165) is 48.6 Å². The highest BCUT2D eigenvalue weighted by molar-refractivity contribution is 5.78. The fourth-order valence-corrected chi connectivity index (χ4v) is 3.86. The lowest BCUT2D eigenvalue weighted by molar-refractivity contribution is -0.123. The molecule has 2 aromatic rings. The van der Waals surface area contributed by atoms with Crippen LogP contribution in [0.4, 0.5) is 5.95 Å².